The van der Waals surface area contributed by atoms with E-state index in [-0.39, 0.29) is 6.29 Å². The van der Waals surface area contributed by atoms with Gasteiger partial charge in [0.15, 0.2) is 0 Å². The molecule has 1 unspecified atom stereocenters. The van der Waals surface area contributed by atoms with Crippen molar-refractivity contribution in [1.29, 1.82) is 0 Å². The third-order valence-electron chi connectivity index (χ3n) is 3.72. The smallest absolute Gasteiger partial charge is 0.136 e. The van der Waals surface area contributed by atoms with E-state index in [9.17, 15) is 0 Å². The standard InChI is InChI=1S/C15H29N3/c1-7-12(2)13-8-10-14(11-9-13)16-15(17(3)4)18(5)6/h8,10,12,15-16H,7,9,11H2,1-6H3. The SMILES string of the molecule is CCC(C)C1=CC=C(NC(N(C)C)N(C)C)CC1. The lowest BCUT2D eigenvalue weighted by atomic mass is 9.90. The van der Waals surface area contributed by atoms with E-state index in [1.807, 2.05) is 0 Å². The summed E-state index contributed by atoms with van der Waals surface area (Å²) in [6.07, 6.45) is 8.39. The van der Waals surface area contributed by atoms with Crippen molar-refractivity contribution in [2.24, 2.45) is 5.92 Å². The fourth-order valence-corrected chi connectivity index (χ4v) is 2.33. The molecule has 0 aliphatic heterocycles. The minimum absolute atomic E-state index is 0.259. The van der Waals surface area contributed by atoms with Gasteiger partial charge in [-0.3, -0.25) is 9.80 Å². The van der Waals surface area contributed by atoms with Gasteiger partial charge < -0.3 is 5.32 Å². The number of rotatable bonds is 6. The maximum Gasteiger partial charge on any atom is 0.136 e. The Kier molecular flexibility index (Phi) is 5.89. The molecule has 3 nitrogen and oxygen atoms in total. The molecular formula is C15H29N3. The summed E-state index contributed by atoms with van der Waals surface area (Å²) >= 11 is 0. The van der Waals surface area contributed by atoms with Gasteiger partial charge in [-0.15, -0.1) is 0 Å². The molecule has 1 N–H and O–H groups in total. The molecule has 0 aromatic carbocycles. The van der Waals surface area contributed by atoms with E-state index in [0.717, 1.165) is 12.3 Å². The van der Waals surface area contributed by atoms with Gasteiger partial charge in [-0.25, -0.2) is 0 Å². The van der Waals surface area contributed by atoms with E-state index in [1.54, 1.807) is 5.57 Å². The van der Waals surface area contributed by atoms with Gasteiger partial charge in [0.05, 0.1) is 0 Å². The molecule has 0 amide bonds. The van der Waals surface area contributed by atoms with Gasteiger partial charge in [-0.1, -0.05) is 25.5 Å². The normalized spacial score (nSPS) is 18.1. The van der Waals surface area contributed by atoms with Crippen LogP contribution in [0.4, 0.5) is 0 Å². The predicted molar refractivity (Wildman–Crippen MR) is 79.2 cm³/mol. The zero-order valence-electron chi connectivity index (χ0n) is 12.8. The molecular weight excluding hydrogens is 222 g/mol. The molecule has 0 saturated heterocycles. The van der Waals surface area contributed by atoms with E-state index >= 15 is 0 Å². The summed E-state index contributed by atoms with van der Waals surface area (Å²) in [7, 11) is 8.39. The Morgan fingerprint density at radius 2 is 1.72 bits per heavy atom. The van der Waals surface area contributed by atoms with Crippen molar-refractivity contribution in [3.63, 3.8) is 0 Å². The van der Waals surface area contributed by atoms with Crippen LogP contribution in [0.5, 0.6) is 0 Å². The minimum atomic E-state index is 0.259. The van der Waals surface area contributed by atoms with E-state index in [2.05, 4.69) is 69.3 Å². The Morgan fingerprint density at radius 1 is 1.11 bits per heavy atom. The summed E-state index contributed by atoms with van der Waals surface area (Å²) in [6, 6.07) is 0. The van der Waals surface area contributed by atoms with Gasteiger partial charge in [0.25, 0.3) is 0 Å². The number of nitrogens with zero attached hydrogens (tertiary/aromatic N) is 2. The molecule has 0 aromatic heterocycles. The lowest BCUT2D eigenvalue weighted by molar-refractivity contribution is 0.105. The van der Waals surface area contributed by atoms with Crippen LogP contribution in [0.3, 0.4) is 0 Å². The summed E-state index contributed by atoms with van der Waals surface area (Å²) in [6.45, 7) is 4.58. The number of hydrogen-bond acceptors (Lipinski definition) is 3. The number of hydrogen-bond donors (Lipinski definition) is 1. The summed E-state index contributed by atoms with van der Waals surface area (Å²) in [5, 5.41) is 3.60. The highest BCUT2D eigenvalue weighted by Crippen LogP contribution is 2.25. The van der Waals surface area contributed by atoms with Crippen molar-refractivity contribution in [2.75, 3.05) is 28.2 Å². The topological polar surface area (TPSA) is 18.5 Å². The molecule has 1 aliphatic carbocycles. The highest BCUT2D eigenvalue weighted by molar-refractivity contribution is 5.24. The fraction of sp³-hybridized carbons (Fsp3) is 0.733. The Morgan fingerprint density at radius 3 is 2.11 bits per heavy atom. The molecule has 0 radical (unpaired) electrons. The molecule has 0 heterocycles. The first kappa shape index (κ1) is 15.3. The molecule has 0 saturated carbocycles. The van der Waals surface area contributed by atoms with E-state index < -0.39 is 0 Å². The molecule has 0 bridgehead atoms. The van der Waals surface area contributed by atoms with Gasteiger partial charge in [0.2, 0.25) is 0 Å². The van der Waals surface area contributed by atoms with E-state index in [4.69, 9.17) is 0 Å². The van der Waals surface area contributed by atoms with Crippen LogP contribution in [0.2, 0.25) is 0 Å². The fourth-order valence-electron chi connectivity index (χ4n) is 2.33. The van der Waals surface area contributed by atoms with Gasteiger partial charge in [-0.05, 0) is 59.4 Å². The number of nitrogens with one attached hydrogen (secondary N) is 1. The number of allylic oxidation sites excluding steroid dienone is 4. The first-order chi connectivity index (χ1) is 8.45. The molecule has 104 valence electrons. The summed E-state index contributed by atoms with van der Waals surface area (Å²) in [4.78, 5) is 4.38. The average Bonchev–Trinajstić information content (AvgIpc) is 2.35. The maximum atomic E-state index is 3.60. The van der Waals surface area contributed by atoms with Crippen molar-refractivity contribution < 1.29 is 0 Å². The summed E-state index contributed by atoms with van der Waals surface area (Å²) < 4.78 is 0. The molecule has 3 heteroatoms. The van der Waals surface area contributed by atoms with Crippen LogP contribution in [-0.2, 0) is 0 Å². The first-order valence-electron chi connectivity index (χ1n) is 6.94. The van der Waals surface area contributed by atoms with Crippen LogP contribution < -0.4 is 5.32 Å². The molecule has 1 atom stereocenters. The highest BCUT2D eigenvalue weighted by atomic mass is 15.4. The highest BCUT2D eigenvalue weighted by Gasteiger charge is 2.17. The third kappa shape index (κ3) is 4.14. The monoisotopic (exact) mass is 251 g/mol. The summed E-state index contributed by atoms with van der Waals surface area (Å²) in [5.41, 5.74) is 2.93. The van der Waals surface area contributed by atoms with Gasteiger partial charge >= 0.3 is 0 Å². The van der Waals surface area contributed by atoms with Crippen molar-refractivity contribution >= 4 is 0 Å². The van der Waals surface area contributed by atoms with Crippen LogP contribution >= 0.6 is 0 Å². The van der Waals surface area contributed by atoms with Crippen molar-refractivity contribution in [3.05, 3.63) is 23.4 Å². The Bertz CT molecular complexity index is 308. The third-order valence-corrected chi connectivity index (χ3v) is 3.72. The largest absolute Gasteiger partial charge is 0.361 e. The Balaban J connectivity index is 2.64. The molecule has 1 aliphatic rings. The van der Waals surface area contributed by atoms with Crippen LogP contribution in [-0.4, -0.2) is 44.3 Å². The summed E-state index contributed by atoms with van der Waals surface area (Å²) in [5.74, 6) is 0.723. The lowest BCUT2D eigenvalue weighted by Gasteiger charge is -2.33. The average molecular weight is 251 g/mol. The second-order valence-corrected chi connectivity index (χ2v) is 5.69. The van der Waals surface area contributed by atoms with Crippen molar-refractivity contribution in [2.45, 2.75) is 39.4 Å². The minimum Gasteiger partial charge on any atom is -0.361 e. The van der Waals surface area contributed by atoms with Gasteiger partial charge in [0, 0.05) is 5.70 Å². The Labute approximate surface area is 113 Å². The van der Waals surface area contributed by atoms with E-state index in [0.29, 0.717) is 0 Å². The second-order valence-electron chi connectivity index (χ2n) is 5.69. The first-order valence-corrected chi connectivity index (χ1v) is 6.94. The predicted octanol–water partition coefficient (Wildman–Crippen LogP) is 2.63. The molecule has 0 spiro atoms. The van der Waals surface area contributed by atoms with Crippen LogP contribution in [0, 0.1) is 5.92 Å². The molecule has 1 rings (SSSR count). The molecule has 0 fully saturated rings. The van der Waals surface area contributed by atoms with Crippen molar-refractivity contribution in [1.82, 2.24) is 15.1 Å². The second kappa shape index (κ2) is 6.95. The molecule has 18 heavy (non-hydrogen) atoms. The van der Waals surface area contributed by atoms with Crippen LogP contribution in [0.25, 0.3) is 0 Å². The quantitative estimate of drug-likeness (QED) is 0.732. The molecule has 0 aromatic rings. The zero-order valence-corrected chi connectivity index (χ0v) is 12.8. The van der Waals surface area contributed by atoms with Gasteiger partial charge in [0.1, 0.15) is 6.29 Å². The van der Waals surface area contributed by atoms with Crippen molar-refractivity contribution in [3.8, 4) is 0 Å². The van der Waals surface area contributed by atoms with E-state index in [1.165, 1.54) is 18.5 Å². The zero-order chi connectivity index (χ0) is 13.7. The van der Waals surface area contributed by atoms with Crippen LogP contribution in [0.15, 0.2) is 23.4 Å². The lowest BCUT2D eigenvalue weighted by Crippen LogP contribution is -2.50. The van der Waals surface area contributed by atoms with Crippen LogP contribution in [0.1, 0.15) is 33.1 Å². The maximum absolute atomic E-state index is 3.60. The van der Waals surface area contributed by atoms with Gasteiger partial charge in [-0.2, -0.15) is 0 Å². The Hall–Kier alpha value is -0.800.